The van der Waals surface area contributed by atoms with Crippen molar-refractivity contribution < 1.29 is 9.53 Å². The quantitative estimate of drug-likeness (QED) is 0.265. The first-order valence-corrected chi connectivity index (χ1v) is 3.51. The Labute approximate surface area is 66.3 Å². The lowest BCUT2D eigenvalue weighted by molar-refractivity contribution is -0.104. The molecule has 0 heterocycles. The van der Waals surface area contributed by atoms with Crippen molar-refractivity contribution >= 4 is 6.29 Å². The number of rotatable bonds is 4. The maximum absolute atomic E-state index is 10.3. The lowest BCUT2D eigenvalue weighted by Crippen LogP contribution is -1.96. The van der Waals surface area contributed by atoms with Crippen LogP contribution in [0.25, 0.3) is 0 Å². The second kappa shape index (κ2) is 5.48. The van der Waals surface area contributed by atoms with E-state index in [1.807, 2.05) is 13.8 Å². The third-order valence-corrected chi connectivity index (χ3v) is 1.18. The Balaban J connectivity index is 4.51. The van der Waals surface area contributed by atoms with E-state index in [1.165, 1.54) is 0 Å². The first-order chi connectivity index (χ1) is 5.29. The molecule has 3 nitrogen and oxygen atoms in total. The van der Waals surface area contributed by atoms with Crippen molar-refractivity contribution in [2.45, 2.75) is 20.3 Å². The Kier molecular flexibility index (Phi) is 4.83. The van der Waals surface area contributed by atoms with Crippen LogP contribution in [0.2, 0.25) is 0 Å². The zero-order valence-corrected chi connectivity index (χ0v) is 6.76. The van der Waals surface area contributed by atoms with E-state index in [2.05, 4.69) is 0 Å². The number of allylic oxidation sites excluding steroid dienone is 2. The number of aldehydes is 1. The van der Waals surface area contributed by atoms with Gasteiger partial charge in [0, 0.05) is 6.42 Å². The molecule has 0 rings (SSSR count). The summed E-state index contributed by atoms with van der Waals surface area (Å²) in [6.45, 7) is 4.14. The predicted octanol–water partition coefficient (Wildman–Crippen LogP) is 1.41. The molecule has 0 spiro atoms. The Hall–Kier alpha value is -1.30. The Morgan fingerprint density at radius 3 is 2.55 bits per heavy atom. The van der Waals surface area contributed by atoms with E-state index < -0.39 is 0 Å². The Morgan fingerprint density at radius 1 is 1.64 bits per heavy atom. The summed E-state index contributed by atoms with van der Waals surface area (Å²) in [4.78, 5) is 10.3. The lowest BCUT2D eigenvalue weighted by Gasteiger charge is -2.04. The van der Waals surface area contributed by atoms with E-state index in [0.29, 0.717) is 25.1 Å². The van der Waals surface area contributed by atoms with Crippen LogP contribution >= 0.6 is 0 Å². The van der Waals surface area contributed by atoms with E-state index >= 15 is 0 Å². The monoisotopic (exact) mass is 153 g/mol. The third kappa shape index (κ3) is 2.85. The summed E-state index contributed by atoms with van der Waals surface area (Å²) < 4.78 is 5.06. The van der Waals surface area contributed by atoms with Gasteiger partial charge in [-0.15, -0.1) is 0 Å². The standard InChI is InChI=1S/C8H11NO2/c1-3-8(11-4-2)7(5-9)6-10/h6H,3-4H2,1-2H3. The number of hydrogen-bond acceptors (Lipinski definition) is 3. The highest BCUT2D eigenvalue weighted by atomic mass is 16.5. The molecule has 0 aliphatic carbocycles. The van der Waals surface area contributed by atoms with Gasteiger partial charge in [0.2, 0.25) is 0 Å². The first-order valence-electron chi connectivity index (χ1n) is 3.51. The van der Waals surface area contributed by atoms with Gasteiger partial charge in [-0.2, -0.15) is 5.26 Å². The molecule has 0 saturated carbocycles. The van der Waals surface area contributed by atoms with Crippen LogP contribution < -0.4 is 0 Å². The molecule has 3 heteroatoms. The number of ether oxygens (including phenoxy) is 1. The zero-order valence-electron chi connectivity index (χ0n) is 6.76. The van der Waals surface area contributed by atoms with Crippen LogP contribution in [0.1, 0.15) is 20.3 Å². The van der Waals surface area contributed by atoms with Gasteiger partial charge in [0.25, 0.3) is 0 Å². The normalized spacial score (nSPS) is 11.4. The third-order valence-electron chi connectivity index (χ3n) is 1.18. The second-order valence-corrected chi connectivity index (χ2v) is 1.85. The maximum atomic E-state index is 10.3. The van der Waals surface area contributed by atoms with Crippen molar-refractivity contribution in [2.24, 2.45) is 0 Å². The van der Waals surface area contributed by atoms with E-state index in [0.717, 1.165) is 0 Å². The van der Waals surface area contributed by atoms with Crippen LogP contribution in [0, 0.1) is 11.3 Å². The highest BCUT2D eigenvalue weighted by molar-refractivity contribution is 5.79. The molecule has 0 fully saturated rings. The van der Waals surface area contributed by atoms with Gasteiger partial charge in [0.05, 0.1) is 6.61 Å². The van der Waals surface area contributed by atoms with Crippen molar-refractivity contribution in [3.05, 3.63) is 11.3 Å². The highest BCUT2D eigenvalue weighted by Crippen LogP contribution is 2.07. The molecule has 11 heavy (non-hydrogen) atoms. The number of nitrogens with zero attached hydrogens (tertiary/aromatic N) is 1. The summed E-state index contributed by atoms with van der Waals surface area (Å²) in [5.41, 5.74) is 0.0920. The fraction of sp³-hybridized carbons (Fsp3) is 0.500. The van der Waals surface area contributed by atoms with Gasteiger partial charge in [-0.05, 0) is 6.92 Å². The zero-order chi connectivity index (χ0) is 8.69. The molecule has 0 bridgehead atoms. The largest absolute Gasteiger partial charge is 0.497 e. The fourth-order valence-corrected chi connectivity index (χ4v) is 0.699. The molecule has 0 aromatic heterocycles. The van der Waals surface area contributed by atoms with Crippen LogP contribution in [0.3, 0.4) is 0 Å². The summed E-state index contributed by atoms with van der Waals surface area (Å²) in [5, 5.41) is 8.44. The van der Waals surface area contributed by atoms with Crippen LogP contribution in [0.5, 0.6) is 0 Å². The average Bonchev–Trinajstić information content (AvgIpc) is 2.05. The number of hydrogen-bond donors (Lipinski definition) is 0. The van der Waals surface area contributed by atoms with Gasteiger partial charge < -0.3 is 4.74 Å². The molecule has 60 valence electrons. The SMILES string of the molecule is CCOC(CC)=C(C#N)C=O. The number of carbonyl (C=O) groups excluding carboxylic acids is 1. The van der Waals surface area contributed by atoms with Gasteiger partial charge in [-0.1, -0.05) is 6.92 Å². The minimum absolute atomic E-state index is 0.0920. The van der Waals surface area contributed by atoms with Crippen LogP contribution in [0.15, 0.2) is 11.3 Å². The molecule has 0 unspecified atom stereocenters. The molecule has 0 saturated heterocycles. The molecule has 0 aliphatic rings. The predicted molar refractivity (Wildman–Crippen MR) is 40.6 cm³/mol. The van der Waals surface area contributed by atoms with Gasteiger partial charge in [0.15, 0.2) is 6.29 Å². The smallest absolute Gasteiger partial charge is 0.164 e. The molecule has 0 N–H and O–H groups in total. The summed E-state index contributed by atoms with van der Waals surface area (Å²) in [7, 11) is 0. The molecule has 0 aromatic carbocycles. The lowest BCUT2D eigenvalue weighted by atomic mass is 10.2. The van der Waals surface area contributed by atoms with Crippen molar-refractivity contribution in [2.75, 3.05) is 6.61 Å². The fourth-order valence-electron chi connectivity index (χ4n) is 0.699. The molecule has 0 aliphatic heterocycles. The van der Waals surface area contributed by atoms with Gasteiger partial charge >= 0.3 is 0 Å². The average molecular weight is 153 g/mol. The topological polar surface area (TPSA) is 50.1 Å². The summed E-state index contributed by atoms with van der Waals surface area (Å²) in [6, 6.07) is 1.77. The highest BCUT2D eigenvalue weighted by Gasteiger charge is 2.02. The Morgan fingerprint density at radius 2 is 2.27 bits per heavy atom. The number of carbonyl (C=O) groups is 1. The molecular weight excluding hydrogens is 142 g/mol. The van der Waals surface area contributed by atoms with E-state index in [1.54, 1.807) is 6.07 Å². The summed E-state index contributed by atoms with van der Waals surface area (Å²) >= 11 is 0. The number of nitriles is 1. The minimum atomic E-state index is 0.0920. The second-order valence-electron chi connectivity index (χ2n) is 1.85. The van der Waals surface area contributed by atoms with Crippen molar-refractivity contribution in [1.82, 2.24) is 0 Å². The van der Waals surface area contributed by atoms with Gasteiger partial charge in [-0.25, -0.2) is 0 Å². The Bertz CT molecular complexity index is 201. The molecule has 0 radical (unpaired) electrons. The van der Waals surface area contributed by atoms with Gasteiger partial charge in [0.1, 0.15) is 17.4 Å². The molecule has 0 amide bonds. The summed E-state index contributed by atoms with van der Waals surface area (Å²) in [5.74, 6) is 0.477. The van der Waals surface area contributed by atoms with Crippen LogP contribution in [-0.2, 0) is 9.53 Å². The van der Waals surface area contributed by atoms with Gasteiger partial charge in [-0.3, -0.25) is 4.79 Å². The molecular formula is C8H11NO2. The molecule has 0 aromatic rings. The van der Waals surface area contributed by atoms with E-state index in [9.17, 15) is 4.79 Å². The van der Waals surface area contributed by atoms with Crippen LogP contribution in [-0.4, -0.2) is 12.9 Å². The molecule has 0 atom stereocenters. The van der Waals surface area contributed by atoms with Crippen LogP contribution in [0.4, 0.5) is 0 Å². The maximum Gasteiger partial charge on any atom is 0.164 e. The van der Waals surface area contributed by atoms with Crippen molar-refractivity contribution in [1.29, 1.82) is 5.26 Å². The summed E-state index contributed by atoms with van der Waals surface area (Å²) in [6.07, 6.45) is 1.10. The minimum Gasteiger partial charge on any atom is -0.497 e. The van der Waals surface area contributed by atoms with Crippen molar-refractivity contribution in [3.8, 4) is 6.07 Å². The first kappa shape index (κ1) is 9.70. The van der Waals surface area contributed by atoms with E-state index in [4.69, 9.17) is 10.00 Å². The van der Waals surface area contributed by atoms with Crippen molar-refractivity contribution in [3.63, 3.8) is 0 Å². The van der Waals surface area contributed by atoms with E-state index in [-0.39, 0.29) is 5.57 Å².